The molecule has 1 saturated heterocycles. The molecule has 1 aliphatic rings. The highest BCUT2D eigenvalue weighted by molar-refractivity contribution is 5.82. The predicted octanol–water partition coefficient (Wildman–Crippen LogP) is 4.24. The van der Waals surface area contributed by atoms with Crippen molar-refractivity contribution in [1.82, 2.24) is 9.97 Å². The van der Waals surface area contributed by atoms with E-state index >= 15 is 0 Å². The number of phenolic OH excluding ortho intramolecular Hbond substituents is 1. The van der Waals surface area contributed by atoms with Crippen molar-refractivity contribution in [2.24, 2.45) is 5.92 Å². The number of aromatic nitrogens is 2. The van der Waals surface area contributed by atoms with E-state index in [9.17, 15) is 5.11 Å². The maximum atomic E-state index is 9.45. The third-order valence-corrected chi connectivity index (χ3v) is 4.84. The van der Waals surface area contributed by atoms with Gasteiger partial charge in [-0.1, -0.05) is 25.1 Å². The van der Waals surface area contributed by atoms with E-state index in [-0.39, 0.29) is 5.75 Å². The van der Waals surface area contributed by atoms with Crippen LogP contribution < -0.4 is 4.90 Å². The zero-order chi connectivity index (χ0) is 16.5. The molecule has 0 aliphatic carbocycles. The van der Waals surface area contributed by atoms with Gasteiger partial charge >= 0.3 is 0 Å². The number of hydrogen-bond donors (Lipinski definition) is 1. The fourth-order valence-electron chi connectivity index (χ4n) is 3.23. The van der Waals surface area contributed by atoms with Crippen molar-refractivity contribution in [1.29, 1.82) is 0 Å². The summed E-state index contributed by atoms with van der Waals surface area (Å²) in [5, 5.41) is 9.45. The molecule has 24 heavy (non-hydrogen) atoms. The third kappa shape index (κ3) is 2.92. The first-order chi connectivity index (χ1) is 11.7. The third-order valence-electron chi connectivity index (χ3n) is 4.84. The Morgan fingerprint density at radius 1 is 0.958 bits per heavy atom. The zero-order valence-electron chi connectivity index (χ0n) is 13.8. The summed E-state index contributed by atoms with van der Waals surface area (Å²) in [5.41, 5.74) is 3.97. The van der Waals surface area contributed by atoms with Crippen molar-refractivity contribution in [3.05, 3.63) is 48.7 Å². The maximum absolute atomic E-state index is 9.45. The summed E-state index contributed by atoms with van der Waals surface area (Å²) in [5.74, 6) is 2.05. The quantitative estimate of drug-likeness (QED) is 0.767. The number of hydrogen-bond acceptors (Lipinski definition) is 4. The van der Waals surface area contributed by atoms with Gasteiger partial charge in [-0.15, -0.1) is 0 Å². The van der Waals surface area contributed by atoms with Gasteiger partial charge in [0.2, 0.25) is 0 Å². The van der Waals surface area contributed by atoms with Crippen LogP contribution in [0.4, 0.5) is 5.82 Å². The standard InChI is InChI=1S/C20H21N3O/c1-14-8-10-23(11-9-14)20-13-21-18-7-4-16(12-19(18)22-20)15-2-5-17(24)6-3-15/h2-7,12-14,24H,8-11H2,1H3. The molecule has 0 unspecified atom stereocenters. The lowest BCUT2D eigenvalue weighted by Crippen LogP contribution is -2.33. The van der Waals surface area contributed by atoms with Gasteiger partial charge in [-0.25, -0.2) is 4.98 Å². The Hall–Kier alpha value is -2.62. The Morgan fingerprint density at radius 2 is 1.67 bits per heavy atom. The molecular weight excluding hydrogens is 298 g/mol. The first-order valence-electron chi connectivity index (χ1n) is 8.50. The van der Waals surface area contributed by atoms with Crippen LogP contribution in [0, 0.1) is 5.92 Å². The number of fused-ring (bicyclic) bond motifs is 1. The smallest absolute Gasteiger partial charge is 0.147 e. The summed E-state index contributed by atoms with van der Waals surface area (Å²) in [7, 11) is 0. The number of anilines is 1. The highest BCUT2D eigenvalue weighted by Crippen LogP contribution is 2.26. The molecule has 3 aromatic rings. The Kier molecular flexibility index (Phi) is 3.81. The fourth-order valence-corrected chi connectivity index (χ4v) is 3.23. The molecular formula is C20H21N3O. The van der Waals surface area contributed by atoms with Gasteiger partial charge in [-0.3, -0.25) is 4.98 Å². The van der Waals surface area contributed by atoms with Gasteiger partial charge in [0.1, 0.15) is 11.6 Å². The van der Waals surface area contributed by atoms with E-state index < -0.39 is 0 Å². The van der Waals surface area contributed by atoms with Crippen LogP contribution in [0.1, 0.15) is 19.8 Å². The topological polar surface area (TPSA) is 49.2 Å². The highest BCUT2D eigenvalue weighted by atomic mass is 16.3. The molecule has 1 aliphatic heterocycles. The number of piperidine rings is 1. The van der Waals surface area contributed by atoms with Crippen LogP contribution >= 0.6 is 0 Å². The van der Waals surface area contributed by atoms with Crippen molar-refractivity contribution in [3.8, 4) is 16.9 Å². The van der Waals surface area contributed by atoms with E-state index in [4.69, 9.17) is 4.98 Å². The molecule has 122 valence electrons. The number of rotatable bonds is 2. The van der Waals surface area contributed by atoms with E-state index in [1.165, 1.54) is 12.8 Å². The molecule has 4 heteroatoms. The molecule has 0 spiro atoms. The molecule has 1 fully saturated rings. The van der Waals surface area contributed by atoms with Crippen molar-refractivity contribution in [2.75, 3.05) is 18.0 Å². The summed E-state index contributed by atoms with van der Waals surface area (Å²) in [6.45, 7) is 4.42. The molecule has 4 nitrogen and oxygen atoms in total. The van der Waals surface area contributed by atoms with Crippen molar-refractivity contribution in [3.63, 3.8) is 0 Å². The van der Waals surface area contributed by atoms with Crippen molar-refractivity contribution < 1.29 is 5.11 Å². The molecule has 2 aromatic carbocycles. The summed E-state index contributed by atoms with van der Waals surface area (Å²) < 4.78 is 0. The normalized spacial score (nSPS) is 15.8. The van der Waals surface area contributed by atoms with Gasteiger partial charge < -0.3 is 10.0 Å². The Bertz CT molecular complexity index is 852. The average Bonchev–Trinajstić information content (AvgIpc) is 2.62. The molecule has 1 aromatic heterocycles. The predicted molar refractivity (Wildman–Crippen MR) is 97.2 cm³/mol. The average molecular weight is 319 g/mol. The first-order valence-corrected chi connectivity index (χ1v) is 8.50. The van der Waals surface area contributed by atoms with Gasteiger partial charge in [0.15, 0.2) is 0 Å². The van der Waals surface area contributed by atoms with E-state index in [2.05, 4.69) is 22.9 Å². The molecule has 0 atom stereocenters. The fraction of sp³-hybridized carbons (Fsp3) is 0.300. The van der Waals surface area contributed by atoms with Gasteiger partial charge in [0.05, 0.1) is 17.2 Å². The molecule has 0 bridgehead atoms. The van der Waals surface area contributed by atoms with Crippen LogP contribution in [0.2, 0.25) is 0 Å². The Labute approximate surface area is 141 Å². The molecule has 2 heterocycles. The summed E-state index contributed by atoms with van der Waals surface area (Å²) in [4.78, 5) is 11.8. The number of nitrogens with zero attached hydrogens (tertiary/aromatic N) is 3. The molecule has 0 amide bonds. The van der Waals surface area contributed by atoms with E-state index in [1.807, 2.05) is 30.5 Å². The summed E-state index contributed by atoms with van der Waals surface area (Å²) >= 11 is 0. The molecule has 0 saturated carbocycles. The van der Waals surface area contributed by atoms with Gasteiger partial charge in [0.25, 0.3) is 0 Å². The largest absolute Gasteiger partial charge is 0.508 e. The Balaban J connectivity index is 1.68. The molecule has 4 rings (SSSR count). The second kappa shape index (κ2) is 6.11. The van der Waals surface area contributed by atoms with Crippen LogP contribution in [-0.2, 0) is 0 Å². The second-order valence-electron chi connectivity index (χ2n) is 6.65. The van der Waals surface area contributed by atoms with Crippen LogP contribution in [-0.4, -0.2) is 28.2 Å². The number of phenols is 1. The zero-order valence-corrected chi connectivity index (χ0v) is 13.8. The summed E-state index contributed by atoms with van der Waals surface area (Å²) in [6.07, 6.45) is 4.32. The maximum Gasteiger partial charge on any atom is 0.147 e. The lowest BCUT2D eigenvalue weighted by atomic mass is 9.99. The SMILES string of the molecule is CC1CCN(c2cnc3ccc(-c4ccc(O)cc4)cc3n2)CC1. The van der Waals surface area contributed by atoms with Crippen LogP contribution in [0.25, 0.3) is 22.2 Å². The lowest BCUT2D eigenvalue weighted by Gasteiger charge is -2.31. The van der Waals surface area contributed by atoms with Crippen molar-refractivity contribution >= 4 is 16.9 Å². The van der Waals surface area contributed by atoms with E-state index in [0.717, 1.165) is 47.0 Å². The van der Waals surface area contributed by atoms with Gasteiger partial charge in [-0.2, -0.15) is 0 Å². The van der Waals surface area contributed by atoms with Crippen molar-refractivity contribution in [2.45, 2.75) is 19.8 Å². The van der Waals surface area contributed by atoms with Crippen LogP contribution in [0.5, 0.6) is 5.75 Å². The molecule has 1 N–H and O–H groups in total. The van der Waals surface area contributed by atoms with Gasteiger partial charge in [-0.05, 0) is 54.2 Å². The first kappa shape index (κ1) is 14.9. The second-order valence-corrected chi connectivity index (χ2v) is 6.65. The summed E-state index contributed by atoms with van der Waals surface area (Å²) in [6, 6.07) is 13.4. The van der Waals surface area contributed by atoms with E-state index in [1.54, 1.807) is 12.1 Å². The molecule has 0 radical (unpaired) electrons. The van der Waals surface area contributed by atoms with Crippen LogP contribution in [0.15, 0.2) is 48.7 Å². The van der Waals surface area contributed by atoms with E-state index in [0.29, 0.717) is 0 Å². The minimum absolute atomic E-state index is 0.279. The minimum Gasteiger partial charge on any atom is -0.508 e. The van der Waals surface area contributed by atoms with Gasteiger partial charge in [0, 0.05) is 13.1 Å². The Morgan fingerprint density at radius 3 is 2.42 bits per heavy atom. The number of aromatic hydroxyl groups is 1. The monoisotopic (exact) mass is 319 g/mol. The minimum atomic E-state index is 0.279. The lowest BCUT2D eigenvalue weighted by molar-refractivity contribution is 0.436. The number of benzene rings is 2. The highest BCUT2D eigenvalue weighted by Gasteiger charge is 2.17. The van der Waals surface area contributed by atoms with Crippen LogP contribution in [0.3, 0.4) is 0 Å².